The molecule has 4 heteroatoms. The number of aromatic nitrogens is 1. The first-order valence-electron chi connectivity index (χ1n) is 3.75. The predicted molar refractivity (Wildman–Crippen MR) is 55.1 cm³/mol. The lowest BCUT2D eigenvalue weighted by Gasteiger charge is -1.96. The van der Waals surface area contributed by atoms with Crippen LogP contribution >= 0.6 is 11.8 Å². The second-order valence-corrected chi connectivity index (χ2v) is 3.13. The summed E-state index contributed by atoms with van der Waals surface area (Å²) in [6.45, 7) is 0. The molecule has 0 amide bonds. The largest absolute Gasteiger partial charge is 0.265 e. The van der Waals surface area contributed by atoms with Crippen molar-refractivity contribution in [1.29, 1.82) is 5.26 Å². The van der Waals surface area contributed by atoms with Gasteiger partial charge < -0.3 is 0 Å². The Labute approximate surface area is 81.5 Å². The molecule has 66 valence electrons. The van der Waals surface area contributed by atoms with Gasteiger partial charge >= 0.3 is 0 Å². The lowest BCUT2D eigenvalue weighted by atomic mass is 10.4. The summed E-state index contributed by atoms with van der Waals surface area (Å²) in [5.41, 5.74) is 0.842. The summed E-state index contributed by atoms with van der Waals surface area (Å²) >= 11 is 1.50. The van der Waals surface area contributed by atoms with E-state index in [1.807, 2.05) is 18.4 Å². The minimum absolute atomic E-state index is 0.365. The lowest BCUT2D eigenvalue weighted by Crippen LogP contribution is -1.87. The molecule has 0 N–H and O–H groups in total. The third kappa shape index (κ3) is 3.26. The highest BCUT2D eigenvalue weighted by molar-refractivity contribution is 8.13. The van der Waals surface area contributed by atoms with Crippen LogP contribution in [-0.2, 0) is 0 Å². The molecule has 0 spiro atoms. The molecule has 0 aliphatic heterocycles. The van der Waals surface area contributed by atoms with Crippen LogP contribution in [0.5, 0.6) is 0 Å². The van der Waals surface area contributed by atoms with Crippen LogP contribution in [0.15, 0.2) is 29.5 Å². The molecule has 1 aromatic heterocycles. The Balaban J connectivity index is 2.80. The summed E-state index contributed by atoms with van der Waals surface area (Å²) in [6.07, 6.45) is 5.65. The first-order chi connectivity index (χ1) is 6.36. The normalized spacial score (nSPS) is 10.9. The van der Waals surface area contributed by atoms with Crippen molar-refractivity contribution >= 4 is 22.5 Å². The minimum atomic E-state index is 0.365. The van der Waals surface area contributed by atoms with Crippen molar-refractivity contribution in [2.45, 2.75) is 6.42 Å². The fraction of sp³-hybridized carbons (Fsp3) is 0.222. The molecule has 0 saturated carbocycles. The van der Waals surface area contributed by atoms with E-state index in [-0.39, 0.29) is 0 Å². The fourth-order valence-electron chi connectivity index (χ4n) is 0.788. The summed E-state index contributed by atoms with van der Waals surface area (Å²) in [7, 11) is 0. The Bertz CT molecular complexity index is 326. The summed E-state index contributed by atoms with van der Waals surface area (Å²) in [5, 5.41) is 9.32. The minimum Gasteiger partial charge on any atom is -0.265 e. The van der Waals surface area contributed by atoms with Crippen molar-refractivity contribution in [2.75, 3.05) is 6.26 Å². The number of nitrogens with zero attached hydrogens (tertiary/aromatic N) is 3. The molecule has 0 atom stereocenters. The molecule has 0 aliphatic rings. The van der Waals surface area contributed by atoms with Gasteiger partial charge in [0, 0.05) is 12.4 Å². The van der Waals surface area contributed by atoms with Gasteiger partial charge in [-0.05, 0) is 18.4 Å². The van der Waals surface area contributed by atoms with Gasteiger partial charge in [-0.25, -0.2) is 4.99 Å². The van der Waals surface area contributed by atoms with Crippen LogP contribution in [0.3, 0.4) is 0 Å². The topological polar surface area (TPSA) is 49.0 Å². The van der Waals surface area contributed by atoms with Crippen molar-refractivity contribution in [3.05, 3.63) is 24.5 Å². The first kappa shape index (κ1) is 9.75. The highest BCUT2D eigenvalue weighted by atomic mass is 32.2. The van der Waals surface area contributed by atoms with Crippen molar-refractivity contribution in [3.8, 4) is 6.07 Å². The number of pyridine rings is 1. The number of thioether (sulfide) groups is 1. The smallest absolute Gasteiger partial charge is 0.0877 e. The zero-order valence-electron chi connectivity index (χ0n) is 7.27. The fourth-order valence-corrected chi connectivity index (χ4v) is 1.19. The molecule has 3 nitrogen and oxygen atoms in total. The van der Waals surface area contributed by atoms with E-state index in [1.54, 1.807) is 12.4 Å². The Kier molecular flexibility index (Phi) is 4.00. The summed E-state index contributed by atoms with van der Waals surface area (Å²) in [4.78, 5) is 8.17. The van der Waals surface area contributed by atoms with Crippen LogP contribution in [0.1, 0.15) is 6.42 Å². The molecule has 1 aromatic rings. The van der Waals surface area contributed by atoms with Crippen LogP contribution in [0.25, 0.3) is 0 Å². The molecule has 0 saturated heterocycles. The zero-order chi connectivity index (χ0) is 9.52. The highest BCUT2D eigenvalue weighted by Crippen LogP contribution is 2.13. The second-order valence-electron chi connectivity index (χ2n) is 2.25. The zero-order valence-corrected chi connectivity index (χ0v) is 8.08. The summed E-state index contributed by atoms with van der Waals surface area (Å²) < 4.78 is 0. The van der Waals surface area contributed by atoms with Gasteiger partial charge in [0.15, 0.2) is 0 Å². The molecule has 0 fully saturated rings. The molecule has 0 aliphatic carbocycles. The third-order valence-electron chi connectivity index (χ3n) is 1.38. The van der Waals surface area contributed by atoms with Crippen molar-refractivity contribution < 1.29 is 0 Å². The predicted octanol–water partition coefficient (Wildman–Crippen LogP) is 2.39. The highest BCUT2D eigenvalue weighted by Gasteiger charge is 1.95. The number of aliphatic imine (C=N–C) groups is 1. The van der Waals surface area contributed by atoms with Gasteiger partial charge in [-0.1, -0.05) is 0 Å². The lowest BCUT2D eigenvalue weighted by molar-refractivity contribution is 1.31. The van der Waals surface area contributed by atoms with Gasteiger partial charge in [0.25, 0.3) is 0 Å². The van der Waals surface area contributed by atoms with E-state index < -0.39 is 0 Å². The standard InChI is InChI=1S/C9H9N3S/c1-13-9(2-5-10)12-8-3-6-11-7-4-8/h3-4,6-7H,2H2,1H3. The van der Waals surface area contributed by atoms with E-state index in [9.17, 15) is 0 Å². The third-order valence-corrected chi connectivity index (χ3v) is 2.09. The maximum Gasteiger partial charge on any atom is 0.0877 e. The molecule has 0 aromatic carbocycles. The molecular formula is C9H9N3S. The number of hydrogen-bond donors (Lipinski definition) is 0. The van der Waals surface area contributed by atoms with Crippen molar-refractivity contribution in [3.63, 3.8) is 0 Å². The molecule has 0 unspecified atom stereocenters. The average molecular weight is 191 g/mol. The Morgan fingerprint density at radius 2 is 2.31 bits per heavy atom. The van der Waals surface area contributed by atoms with E-state index in [0.717, 1.165) is 10.7 Å². The molecule has 0 radical (unpaired) electrons. The quantitative estimate of drug-likeness (QED) is 0.532. The van der Waals surface area contributed by atoms with Gasteiger partial charge in [0.1, 0.15) is 0 Å². The number of nitriles is 1. The molecular weight excluding hydrogens is 182 g/mol. The Hall–Kier alpha value is -1.34. The number of rotatable bonds is 2. The second kappa shape index (κ2) is 5.33. The van der Waals surface area contributed by atoms with Crippen molar-refractivity contribution in [1.82, 2.24) is 4.98 Å². The average Bonchev–Trinajstić information content (AvgIpc) is 2.19. The molecule has 1 heterocycles. The maximum absolute atomic E-state index is 8.49. The molecule has 0 bridgehead atoms. The summed E-state index contributed by atoms with van der Waals surface area (Å²) in [5.74, 6) is 0. The molecule has 13 heavy (non-hydrogen) atoms. The maximum atomic E-state index is 8.49. The van der Waals surface area contributed by atoms with E-state index >= 15 is 0 Å². The van der Waals surface area contributed by atoms with E-state index in [4.69, 9.17) is 5.26 Å². The number of hydrogen-bond acceptors (Lipinski definition) is 4. The van der Waals surface area contributed by atoms with E-state index in [2.05, 4.69) is 16.0 Å². The Morgan fingerprint density at radius 1 is 1.62 bits per heavy atom. The van der Waals surface area contributed by atoms with Crippen LogP contribution < -0.4 is 0 Å². The van der Waals surface area contributed by atoms with Crippen LogP contribution in [0.4, 0.5) is 5.69 Å². The van der Waals surface area contributed by atoms with E-state index in [0.29, 0.717) is 6.42 Å². The van der Waals surface area contributed by atoms with Crippen LogP contribution in [0.2, 0.25) is 0 Å². The molecule has 1 rings (SSSR count). The SMILES string of the molecule is CSC(CC#N)=Nc1ccncc1. The van der Waals surface area contributed by atoms with Crippen LogP contribution in [0, 0.1) is 11.3 Å². The van der Waals surface area contributed by atoms with Gasteiger partial charge in [-0.15, -0.1) is 11.8 Å². The monoisotopic (exact) mass is 191 g/mol. The van der Waals surface area contributed by atoms with Crippen LogP contribution in [-0.4, -0.2) is 16.3 Å². The van der Waals surface area contributed by atoms with E-state index in [1.165, 1.54) is 11.8 Å². The van der Waals surface area contributed by atoms with Gasteiger partial charge in [-0.3, -0.25) is 4.98 Å². The summed E-state index contributed by atoms with van der Waals surface area (Å²) in [6, 6.07) is 5.70. The van der Waals surface area contributed by atoms with Gasteiger partial charge in [0.2, 0.25) is 0 Å². The van der Waals surface area contributed by atoms with Gasteiger partial charge in [0.05, 0.1) is 23.2 Å². The Morgan fingerprint density at radius 3 is 2.85 bits per heavy atom. The van der Waals surface area contributed by atoms with Gasteiger partial charge in [-0.2, -0.15) is 5.26 Å². The first-order valence-corrected chi connectivity index (χ1v) is 4.98. The van der Waals surface area contributed by atoms with Crippen molar-refractivity contribution in [2.24, 2.45) is 4.99 Å².